The van der Waals surface area contributed by atoms with Gasteiger partial charge in [0.1, 0.15) is 10.9 Å². The van der Waals surface area contributed by atoms with Gasteiger partial charge >= 0.3 is 5.97 Å². The van der Waals surface area contributed by atoms with Crippen molar-refractivity contribution in [3.05, 3.63) is 96.6 Å². The van der Waals surface area contributed by atoms with Gasteiger partial charge in [0.15, 0.2) is 0 Å². The number of carbonyl (C=O) groups excluding carboxylic acids is 2. The first-order valence-corrected chi connectivity index (χ1v) is 14.8. The van der Waals surface area contributed by atoms with E-state index in [1.165, 1.54) is 37.5 Å². The number of hydrogen-bond donors (Lipinski definition) is 3. The molecular weight excluding hydrogens is 672 g/mol. The van der Waals surface area contributed by atoms with E-state index in [2.05, 4.69) is 46.6 Å². The molecule has 2 heterocycles. The second kappa shape index (κ2) is 11.5. The summed E-state index contributed by atoms with van der Waals surface area (Å²) < 4.78 is 39.8. The van der Waals surface area contributed by atoms with Crippen molar-refractivity contribution in [3.8, 4) is 0 Å². The summed E-state index contributed by atoms with van der Waals surface area (Å²) in [7, 11) is -2.86. The zero-order valence-corrected chi connectivity index (χ0v) is 24.6. The minimum atomic E-state index is -4.08. The van der Waals surface area contributed by atoms with Gasteiger partial charge in [-0.15, -0.1) is 0 Å². The molecule has 0 saturated heterocycles. The van der Waals surface area contributed by atoms with Crippen LogP contribution in [0.15, 0.2) is 80.5 Å². The predicted molar refractivity (Wildman–Crippen MR) is 151 cm³/mol. The highest BCUT2D eigenvalue weighted by molar-refractivity contribution is 9.10. The topological polar surface area (TPSA) is 117 Å². The number of esters is 1. The quantitative estimate of drug-likeness (QED) is 0.266. The van der Waals surface area contributed by atoms with Crippen LogP contribution in [-0.2, 0) is 26.0 Å². The summed E-state index contributed by atoms with van der Waals surface area (Å²) in [6.45, 7) is 0. The minimum Gasteiger partial charge on any atom is -0.467 e. The van der Waals surface area contributed by atoms with E-state index in [4.69, 9.17) is 16.3 Å². The third kappa shape index (κ3) is 6.34. The third-order valence-corrected chi connectivity index (χ3v) is 9.14. The molecule has 194 valence electrons. The molecule has 0 bridgehead atoms. The highest BCUT2D eigenvalue weighted by Crippen LogP contribution is 2.34. The average molecular weight is 691 g/mol. The normalized spacial score (nSPS) is 15.2. The second-order valence-corrected chi connectivity index (χ2v) is 12.4. The molecule has 0 radical (unpaired) electrons. The lowest BCUT2D eigenvalue weighted by Gasteiger charge is -2.22. The lowest BCUT2D eigenvalue weighted by molar-refractivity contribution is -0.142. The zero-order chi connectivity index (χ0) is 26.7. The maximum Gasteiger partial charge on any atom is 0.328 e. The molecule has 0 fully saturated rings. The Kier molecular flexibility index (Phi) is 8.59. The first-order valence-electron chi connectivity index (χ1n) is 10.5. The molecule has 0 aromatic heterocycles. The van der Waals surface area contributed by atoms with Gasteiger partial charge in [0.05, 0.1) is 41.2 Å². The third-order valence-electron chi connectivity index (χ3n) is 5.28. The van der Waals surface area contributed by atoms with E-state index in [0.29, 0.717) is 19.7 Å². The van der Waals surface area contributed by atoms with Crippen LogP contribution in [0.2, 0.25) is 5.02 Å². The Bertz CT molecular complexity index is 1460. The van der Waals surface area contributed by atoms with E-state index in [1.807, 2.05) is 0 Å². The maximum absolute atomic E-state index is 13.3. The lowest BCUT2D eigenvalue weighted by atomic mass is 10.0. The van der Waals surface area contributed by atoms with Crippen LogP contribution in [0.5, 0.6) is 0 Å². The van der Waals surface area contributed by atoms with Crippen LogP contribution < -0.4 is 14.8 Å². The van der Waals surface area contributed by atoms with E-state index in [0.717, 1.165) is 5.56 Å². The Balaban J connectivity index is 1.60. The van der Waals surface area contributed by atoms with Crippen LogP contribution in [0.3, 0.4) is 0 Å². The number of fused-ring (bicyclic) bond motifs is 1. The summed E-state index contributed by atoms with van der Waals surface area (Å²) in [4.78, 5) is 25.8. The number of amides is 1. The fourth-order valence-corrected chi connectivity index (χ4v) is 6.42. The highest BCUT2D eigenvalue weighted by atomic mass is 79.9. The molecule has 2 aliphatic heterocycles. The van der Waals surface area contributed by atoms with Gasteiger partial charge in [-0.25, -0.2) is 13.2 Å². The Morgan fingerprint density at radius 2 is 2.00 bits per heavy atom. The van der Waals surface area contributed by atoms with E-state index < -0.39 is 27.9 Å². The molecule has 1 amide bonds. The summed E-state index contributed by atoms with van der Waals surface area (Å²) in [5.74, 6) is -1.32. The fraction of sp³-hybridized carbons (Fsp3) is 0.130. The van der Waals surface area contributed by atoms with Crippen LogP contribution in [0.25, 0.3) is 0 Å². The summed E-state index contributed by atoms with van der Waals surface area (Å²) in [6, 6.07) is 8.63. The minimum absolute atomic E-state index is 0.0228. The van der Waals surface area contributed by atoms with Crippen LogP contribution >= 0.6 is 55.6 Å². The van der Waals surface area contributed by atoms with Gasteiger partial charge in [-0.1, -0.05) is 33.6 Å². The molecule has 4 rings (SSSR count). The molecule has 0 spiro atoms. The number of rotatable bonds is 8. The number of hydrogen-bond acceptors (Lipinski definition) is 8. The van der Waals surface area contributed by atoms with Crippen LogP contribution in [0.4, 0.5) is 5.69 Å². The van der Waals surface area contributed by atoms with Crippen molar-refractivity contribution in [1.29, 1.82) is 0 Å². The van der Waals surface area contributed by atoms with E-state index >= 15 is 0 Å². The number of halogens is 3. The van der Waals surface area contributed by atoms with Crippen molar-refractivity contribution < 1.29 is 22.7 Å². The van der Waals surface area contributed by atoms with Gasteiger partial charge in [-0.05, 0) is 64.0 Å². The molecule has 0 unspecified atom stereocenters. The van der Waals surface area contributed by atoms with Crippen molar-refractivity contribution in [3.63, 3.8) is 0 Å². The Morgan fingerprint density at radius 1 is 1.22 bits per heavy atom. The molecule has 14 heteroatoms. The molecule has 37 heavy (non-hydrogen) atoms. The Labute approximate surface area is 239 Å². The predicted octanol–water partition coefficient (Wildman–Crippen LogP) is 4.84. The number of nitrogens with one attached hydrogen (secondary N) is 3. The van der Waals surface area contributed by atoms with Gasteiger partial charge in [0, 0.05) is 27.8 Å². The van der Waals surface area contributed by atoms with Gasteiger partial charge in [0.2, 0.25) is 0 Å². The number of nitrogens with zero attached hydrogens (tertiary/aromatic N) is 1. The molecule has 9 nitrogen and oxygen atoms in total. The number of carbonyl (C=O) groups is 2. The van der Waals surface area contributed by atoms with Gasteiger partial charge in [0.25, 0.3) is 15.9 Å². The first kappa shape index (κ1) is 27.6. The monoisotopic (exact) mass is 688 g/mol. The van der Waals surface area contributed by atoms with Crippen molar-refractivity contribution in [1.82, 2.24) is 14.3 Å². The summed E-state index contributed by atoms with van der Waals surface area (Å²) >= 11 is 13.9. The molecule has 0 aliphatic carbocycles. The second-order valence-electron chi connectivity index (χ2n) is 7.73. The summed E-state index contributed by atoms with van der Waals surface area (Å²) in [5, 5.41) is 3.16. The SMILES string of the molecule is COC(=O)[C@H](Cc1ccc(Cl)c(Br)c1)NC(=O)c1ccc(Br)cc1NS(=O)(=O)C1=CC=CN2SNC=C12. The van der Waals surface area contributed by atoms with Crippen molar-refractivity contribution >= 4 is 83.2 Å². The summed E-state index contributed by atoms with van der Waals surface area (Å²) in [5.41, 5.74) is 1.23. The Hall–Kier alpha value is -2.45. The first-order chi connectivity index (χ1) is 17.6. The maximum atomic E-state index is 13.3. The summed E-state index contributed by atoms with van der Waals surface area (Å²) in [6.07, 6.45) is 6.49. The number of benzene rings is 2. The smallest absolute Gasteiger partial charge is 0.328 e. The molecule has 2 aliphatic rings. The van der Waals surface area contributed by atoms with Crippen molar-refractivity contribution in [2.75, 3.05) is 11.8 Å². The molecule has 2 aromatic rings. The molecule has 2 aromatic carbocycles. The van der Waals surface area contributed by atoms with E-state index in [-0.39, 0.29) is 22.6 Å². The van der Waals surface area contributed by atoms with Crippen LogP contribution in [0.1, 0.15) is 15.9 Å². The van der Waals surface area contributed by atoms with Gasteiger partial charge < -0.3 is 14.8 Å². The van der Waals surface area contributed by atoms with Crippen LogP contribution in [0, 0.1) is 0 Å². The largest absolute Gasteiger partial charge is 0.467 e. The lowest BCUT2D eigenvalue weighted by Crippen LogP contribution is -2.43. The molecule has 1 atom stereocenters. The van der Waals surface area contributed by atoms with E-state index in [9.17, 15) is 18.0 Å². The molecule has 0 saturated carbocycles. The van der Waals surface area contributed by atoms with Crippen molar-refractivity contribution in [2.45, 2.75) is 12.5 Å². The van der Waals surface area contributed by atoms with Crippen LogP contribution in [-0.4, -0.2) is 37.8 Å². The number of sulfonamides is 1. The standard InChI is InChI=1S/C23H19Br2ClN4O5S2/c1-35-23(32)19(10-13-4-7-17(26)16(25)9-13)28-22(31)15-6-5-14(24)11-18(15)29-37(33,34)21-3-2-8-30-20(21)12-27-36-30/h2-9,11-12,19,27,29H,10H2,1H3,(H,28,31)/t19-/m0/s1. The van der Waals surface area contributed by atoms with Gasteiger partial charge in [-0.2, -0.15) is 0 Å². The highest BCUT2D eigenvalue weighted by Gasteiger charge is 2.31. The number of anilines is 1. The molecule has 3 N–H and O–H groups in total. The van der Waals surface area contributed by atoms with Crippen molar-refractivity contribution in [2.24, 2.45) is 0 Å². The number of allylic oxidation sites excluding steroid dienone is 2. The number of methoxy groups -OCH3 is 1. The molecular formula is C23H19Br2ClN4O5S2. The van der Waals surface area contributed by atoms with Gasteiger partial charge in [-0.3, -0.25) is 13.8 Å². The number of ether oxygens (including phenoxy) is 1. The Morgan fingerprint density at radius 3 is 2.73 bits per heavy atom. The fourth-order valence-electron chi connectivity index (χ4n) is 3.54. The average Bonchev–Trinajstić information content (AvgIpc) is 3.34. The zero-order valence-electron chi connectivity index (χ0n) is 19.0. The van der Waals surface area contributed by atoms with E-state index in [1.54, 1.807) is 47.0 Å².